The summed E-state index contributed by atoms with van der Waals surface area (Å²) in [7, 11) is 0. The lowest BCUT2D eigenvalue weighted by molar-refractivity contribution is -0.134. The van der Waals surface area contributed by atoms with Crippen molar-refractivity contribution in [2.24, 2.45) is 11.7 Å². The highest BCUT2D eigenvalue weighted by Crippen LogP contribution is 2.20. The van der Waals surface area contributed by atoms with Gasteiger partial charge in [0.15, 0.2) is 0 Å². The standard InChI is InChI=1S/C17H23ClFN3O2.ClH/c1-11(2)9-15(20)17(24)22-7-5-21(6-8-22)16(23)13-4-3-12(19)10-14(13)18;/h3-4,10-11,15H,5-9,20H2,1-2H3;1H/t15-;/m0./s1. The van der Waals surface area contributed by atoms with Crippen molar-refractivity contribution in [3.05, 3.63) is 34.6 Å². The molecule has 0 saturated carbocycles. The largest absolute Gasteiger partial charge is 0.338 e. The first kappa shape index (κ1) is 21.7. The molecule has 0 aliphatic carbocycles. The second kappa shape index (κ2) is 9.36. The van der Waals surface area contributed by atoms with Gasteiger partial charge in [0.25, 0.3) is 5.91 Å². The Balaban J connectivity index is 0.00000312. The molecule has 1 atom stereocenters. The van der Waals surface area contributed by atoms with E-state index in [9.17, 15) is 14.0 Å². The zero-order valence-corrected chi connectivity index (χ0v) is 15.9. The van der Waals surface area contributed by atoms with Crippen molar-refractivity contribution < 1.29 is 14.0 Å². The van der Waals surface area contributed by atoms with Crippen LogP contribution in [0.3, 0.4) is 0 Å². The second-order valence-electron chi connectivity index (χ2n) is 6.48. The predicted octanol–water partition coefficient (Wildman–Crippen LogP) is 2.56. The Kier molecular flexibility index (Phi) is 8.12. The van der Waals surface area contributed by atoms with Gasteiger partial charge in [0, 0.05) is 26.2 Å². The van der Waals surface area contributed by atoms with E-state index in [1.54, 1.807) is 9.80 Å². The van der Waals surface area contributed by atoms with Crippen LogP contribution in [0.2, 0.25) is 5.02 Å². The highest BCUT2D eigenvalue weighted by Gasteiger charge is 2.28. The first-order valence-electron chi connectivity index (χ1n) is 8.08. The van der Waals surface area contributed by atoms with Crippen LogP contribution in [-0.4, -0.2) is 53.8 Å². The van der Waals surface area contributed by atoms with Gasteiger partial charge in [-0.05, 0) is 30.5 Å². The molecule has 2 rings (SSSR count). The lowest BCUT2D eigenvalue weighted by Gasteiger charge is -2.36. The molecule has 0 radical (unpaired) electrons. The number of halogens is 3. The number of piperazine rings is 1. The summed E-state index contributed by atoms with van der Waals surface area (Å²) in [5, 5.41) is 0.0949. The van der Waals surface area contributed by atoms with Gasteiger partial charge in [0.1, 0.15) is 5.82 Å². The molecule has 5 nitrogen and oxygen atoms in total. The topological polar surface area (TPSA) is 66.6 Å². The van der Waals surface area contributed by atoms with Gasteiger partial charge >= 0.3 is 0 Å². The first-order chi connectivity index (χ1) is 11.3. The van der Waals surface area contributed by atoms with Gasteiger partial charge in [0.05, 0.1) is 16.6 Å². The van der Waals surface area contributed by atoms with E-state index in [0.29, 0.717) is 38.5 Å². The van der Waals surface area contributed by atoms with E-state index in [2.05, 4.69) is 0 Å². The summed E-state index contributed by atoms with van der Waals surface area (Å²) < 4.78 is 13.1. The van der Waals surface area contributed by atoms with Crippen molar-refractivity contribution in [3.8, 4) is 0 Å². The van der Waals surface area contributed by atoms with E-state index in [1.165, 1.54) is 12.1 Å². The summed E-state index contributed by atoms with van der Waals surface area (Å²) in [6, 6.07) is 3.22. The molecule has 2 amide bonds. The smallest absolute Gasteiger partial charge is 0.255 e. The third-order valence-electron chi connectivity index (χ3n) is 4.08. The molecule has 1 aliphatic rings. The van der Waals surface area contributed by atoms with E-state index in [4.69, 9.17) is 17.3 Å². The average Bonchev–Trinajstić information content (AvgIpc) is 2.53. The molecule has 1 saturated heterocycles. The van der Waals surface area contributed by atoms with Crippen LogP contribution < -0.4 is 5.73 Å². The molecule has 140 valence electrons. The fourth-order valence-electron chi connectivity index (χ4n) is 2.81. The molecule has 0 bridgehead atoms. The minimum Gasteiger partial charge on any atom is -0.338 e. The zero-order chi connectivity index (χ0) is 17.9. The second-order valence-corrected chi connectivity index (χ2v) is 6.88. The van der Waals surface area contributed by atoms with E-state index >= 15 is 0 Å². The van der Waals surface area contributed by atoms with Crippen molar-refractivity contribution in [2.75, 3.05) is 26.2 Å². The lowest BCUT2D eigenvalue weighted by atomic mass is 10.0. The third-order valence-corrected chi connectivity index (χ3v) is 4.40. The van der Waals surface area contributed by atoms with Crippen molar-refractivity contribution in [1.82, 2.24) is 9.80 Å². The van der Waals surface area contributed by atoms with E-state index in [0.717, 1.165) is 6.07 Å². The van der Waals surface area contributed by atoms with Crippen LogP contribution in [0.1, 0.15) is 30.6 Å². The number of nitrogens with two attached hydrogens (primary N) is 1. The SMILES string of the molecule is CC(C)C[C@H](N)C(=O)N1CCN(C(=O)c2ccc(F)cc2Cl)CC1.Cl. The molecule has 0 unspecified atom stereocenters. The maximum absolute atomic E-state index is 13.1. The Morgan fingerprint density at radius 2 is 1.76 bits per heavy atom. The average molecular weight is 392 g/mol. The Hall–Kier alpha value is -1.37. The number of amides is 2. The van der Waals surface area contributed by atoms with Crippen molar-refractivity contribution in [2.45, 2.75) is 26.3 Å². The van der Waals surface area contributed by atoms with Gasteiger partial charge in [-0.3, -0.25) is 9.59 Å². The molecule has 2 N–H and O–H groups in total. The van der Waals surface area contributed by atoms with Gasteiger partial charge in [-0.15, -0.1) is 12.4 Å². The summed E-state index contributed by atoms with van der Waals surface area (Å²) in [4.78, 5) is 28.1. The predicted molar refractivity (Wildman–Crippen MR) is 98.6 cm³/mol. The number of hydrogen-bond acceptors (Lipinski definition) is 3. The van der Waals surface area contributed by atoms with Gasteiger partial charge in [-0.25, -0.2) is 4.39 Å². The maximum atomic E-state index is 13.1. The molecular weight excluding hydrogens is 368 g/mol. The minimum atomic E-state index is -0.501. The van der Waals surface area contributed by atoms with Gasteiger partial charge in [0.2, 0.25) is 5.91 Å². The summed E-state index contributed by atoms with van der Waals surface area (Å²) in [6.07, 6.45) is 0.642. The van der Waals surface area contributed by atoms with Crippen LogP contribution >= 0.6 is 24.0 Å². The molecule has 8 heteroatoms. The van der Waals surface area contributed by atoms with Crippen LogP contribution in [-0.2, 0) is 4.79 Å². The van der Waals surface area contributed by atoms with Gasteiger partial charge < -0.3 is 15.5 Å². The van der Waals surface area contributed by atoms with E-state index in [-0.39, 0.29) is 34.8 Å². The van der Waals surface area contributed by atoms with Gasteiger partial charge in [-0.1, -0.05) is 25.4 Å². The molecule has 1 heterocycles. The molecule has 0 spiro atoms. The van der Waals surface area contributed by atoms with Crippen molar-refractivity contribution in [3.63, 3.8) is 0 Å². The van der Waals surface area contributed by atoms with Crippen LogP contribution in [0.4, 0.5) is 4.39 Å². The highest BCUT2D eigenvalue weighted by atomic mass is 35.5. The molecule has 1 fully saturated rings. The molecule has 1 aromatic carbocycles. The molecule has 25 heavy (non-hydrogen) atoms. The Labute approximate surface area is 158 Å². The Bertz CT molecular complexity index is 620. The number of carbonyl (C=O) groups excluding carboxylic acids is 2. The zero-order valence-electron chi connectivity index (χ0n) is 14.4. The van der Waals surface area contributed by atoms with Crippen LogP contribution in [0.25, 0.3) is 0 Å². The number of rotatable bonds is 4. The van der Waals surface area contributed by atoms with E-state index in [1.807, 2.05) is 13.8 Å². The fourth-order valence-corrected chi connectivity index (χ4v) is 3.05. The fraction of sp³-hybridized carbons (Fsp3) is 0.529. The highest BCUT2D eigenvalue weighted by molar-refractivity contribution is 6.33. The molecule has 0 aromatic heterocycles. The third kappa shape index (κ3) is 5.56. The summed E-state index contributed by atoms with van der Waals surface area (Å²) in [6.45, 7) is 5.75. The van der Waals surface area contributed by atoms with Crippen LogP contribution in [0.5, 0.6) is 0 Å². The van der Waals surface area contributed by atoms with Crippen molar-refractivity contribution in [1.29, 1.82) is 0 Å². The lowest BCUT2D eigenvalue weighted by Crippen LogP contribution is -2.54. The van der Waals surface area contributed by atoms with Crippen LogP contribution in [0.15, 0.2) is 18.2 Å². The molecule has 1 aromatic rings. The number of carbonyl (C=O) groups is 2. The minimum absolute atomic E-state index is 0. The molecular formula is C17H24Cl2FN3O2. The monoisotopic (exact) mass is 391 g/mol. The quantitative estimate of drug-likeness (QED) is 0.857. The maximum Gasteiger partial charge on any atom is 0.255 e. The first-order valence-corrected chi connectivity index (χ1v) is 8.46. The number of hydrogen-bond donors (Lipinski definition) is 1. The molecule has 1 aliphatic heterocycles. The number of nitrogens with zero attached hydrogens (tertiary/aromatic N) is 2. The Morgan fingerprint density at radius 3 is 2.28 bits per heavy atom. The van der Waals surface area contributed by atoms with Crippen molar-refractivity contribution >= 4 is 35.8 Å². The summed E-state index contributed by atoms with van der Waals surface area (Å²) in [5.74, 6) is -0.451. The summed E-state index contributed by atoms with van der Waals surface area (Å²) >= 11 is 5.94. The number of benzene rings is 1. The normalized spacial score (nSPS) is 15.8. The Morgan fingerprint density at radius 1 is 1.20 bits per heavy atom. The van der Waals surface area contributed by atoms with Gasteiger partial charge in [-0.2, -0.15) is 0 Å². The van der Waals surface area contributed by atoms with Crippen LogP contribution in [0, 0.1) is 11.7 Å². The van der Waals surface area contributed by atoms with E-state index < -0.39 is 11.9 Å². The summed E-state index contributed by atoms with van der Waals surface area (Å²) in [5.41, 5.74) is 6.22.